The summed E-state index contributed by atoms with van der Waals surface area (Å²) in [5, 5.41) is 3.91. The quantitative estimate of drug-likeness (QED) is 0.664. The molecule has 1 aliphatic rings. The molecule has 3 aromatic rings. The maximum Gasteiger partial charge on any atom is 0.253 e. The third-order valence-electron chi connectivity index (χ3n) is 5.19. The van der Waals surface area contributed by atoms with Gasteiger partial charge in [0, 0.05) is 36.7 Å². The van der Waals surface area contributed by atoms with E-state index in [1.54, 1.807) is 6.07 Å². The van der Waals surface area contributed by atoms with Crippen molar-refractivity contribution in [2.45, 2.75) is 25.4 Å². The average molecular weight is 366 g/mol. The Kier molecular flexibility index (Phi) is 4.68. The number of carbonyl (C=O) groups excluding carboxylic acids is 1. The van der Waals surface area contributed by atoms with Gasteiger partial charge in [-0.2, -0.15) is 0 Å². The zero-order valence-corrected chi connectivity index (χ0v) is 15.4. The Labute approximate surface area is 157 Å². The van der Waals surface area contributed by atoms with Crippen LogP contribution in [0.15, 0.2) is 48.7 Å². The van der Waals surface area contributed by atoms with Gasteiger partial charge in [0.05, 0.1) is 11.6 Å². The van der Waals surface area contributed by atoms with Crippen molar-refractivity contribution in [3.05, 3.63) is 71.2 Å². The van der Waals surface area contributed by atoms with E-state index in [2.05, 4.69) is 34.4 Å². The van der Waals surface area contributed by atoms with Gasteiger partial charge in [-0.3, -0.25) is 15.6 Å². The van der Waals surface area contributed by atoms with Crippen LogP contribution in [-0.4, -0.2) is 17.0 Å². The number of hydrogen-bond donors (Lipinski definition) is 3. The molecule has 1 aliphatic heterocycles. The van der Waals surface area contributed by atoms with Gasteiger partial charge in [-0.05, 0) is 48.7 Å². The van der Waals surface area contributed by atoms with E-state index in [9.17, 15) is 9.18 Å². The number of fused-ring (bicyclic) bond motifs is 1. The molecular formula is C21H23FN4O. The lowest BCUT2D eigenvalue weighted by Gasteiger charge is -2.14. The minimum absolute atomic E-state index is 0.160. The minimum atomic E-state index is -0.305. The molecule has 27 heavy (non-hydrogen) atoms. The largest absolute Gasteiger partial charge is 0.350 e. The molecule has 2 atom stereocenters. The predicted molar refractivity (Wildman–Crippen MR) is 104 cm³/mol. The second-order valence-corrected chi connectivity index (χ2v) is 7.09. The molecule has 0 spiro atoms. The predicted octanol–water partition coefficient (Wildman–Crippen LogP) is 3.35. The summed E-state index contributed by atoms with van der Waals surface area (Å²) < 4.78 is 15.4. The van der Waals surface area contributed by atoms with Crippen molar-refractivity contribution in [1.29, 1.82) is 0 Å². The van der Waals surface area contributed by atoms with E-state index in [0.29, 0.717) is 5.56 Å². The number of benzene rings is 2. The van der Waals surface area contributed by atoms with Gasteiger partial charge in [0.15, 0.2) is 0 Å². The molecule has 1 fully saturated rings. The van der Waals surface area contributed by atoms with Crippen LogP contribution >= 0.6 is 0 Å². The van der Waals surface area contributed by atoms with E-state index in [4.69, 9.17) is 0 Å². The molecule has 1 saturated heterocycles. The Morgan fingerprint density at radius 3 is 2.89 bits per heavy atom. The number of halogens is 1. The summed E-state index contributed by atoms with van der Waals surface area (Å²) in [7, 11) is 1.93. The second-order valence-electron chi connectivity index (χ2n) is 7.09. The standard InChI is InChI=1S/C21H23FN4O/c1-13(14-4-3-5-16(22)10-14)24-21(27)18-12-26(2)20-7-6-15(11-17(18)20)19-8-9-23-25-19/h3-7,10-13,19,23,25H,8-9H2,1-2H3,(H,24,27)/t13-,19?/m0/s1. The fourth-order valence-corrected chi connectivity index (χ4v) is 3.68. The number of nitrogens with zero attached hydrogens (tertiary/aromatic N) is 1. The third kappa shape index (κ3) is 3.46. The van der Waals surface area contributed by atoms with Crippen LogP contribution in [0.4, 0.5) is 4.39 Å². The van der Waals surface area contributed by atoms with Crippen LogP contribution in [0.2, 0.25) is 0 Å². The zero-order chi connectivity index (χ0) is 19.0. The number of rotatable bonds is 4. The second kappa shape index (κ2) is 7.13. The van der Waals surface area contributed by atoms with Gasteiger partial charge in [-0.25, -0.2) is 4.39 Å². The van der Waals surface area contributed by atoms with Gasteiger partial charge < -0.3 is 9.88 Å². The lowest BCUT2D eigenvalue weighted by atomic mass is 10.0. The van der Waals surface area contributed by atoms with Gasteiger partial charge in [-0.1, -0.05) is 18.2 Å². The fourth-order valence-electron chi connectivity index (χ4n) is 3.68. The number of hydrogen-bond acceptors (Lipinski definition) is 3. The molecule has 2 heterocycles. The fraction of sp³-hybridized carbons (Fsp3) is 0.286. The summed E-state index contributed by atoms with van der Waals surface area (Å²) in [6, 6.07) is 12.5. The maximum atomic E-state index is 13.5. The summed E-state index contributed by atoms with van der Waals surface area (Å²) in [6.45, 7) is 2.79. The zero-order valence-electron chi connectivity index (χ0n) is 15.4. The molecule has 2 aromatic carbocycles. The maximum absolute atomic E-state index is 13.5. The molecule has 5 nitrogen and oxygen atoms in total. The van der Waals surface area contributed by atoms with Crippen LogP contribution in [0, 0.1) is 5.82 Å². The van der Waals surface area contributed by atoms with E-state index in [-0.39, 0.29) is 23.8 Å². The Morgan fingerprint density at radius 2 is 2.15 bits per heavy atom. The van der Waals surface area contributed by atoms with Gasteiger partial charge in [0.2, 0.25) is 0 Å². The Morgan fingerprint density at radius 1 is 1.30 bits per heavy atom. The van der Waals surface area contributed by atoms with Crippen molar-refractivity contribution in [2.24, 2.45) is 7.05 Å². The molecule has 1 aromatic heterocycles. The SMILES string of the molecule is C[C@H](NC(=O)c1cn(C)c2ccc(C3CCNN3)cc12)c1cccc(F)c1. The van der Waals surface area contributed by atoms with E-state index in [1.807, 2.05) is 30.8 Å². The molecule has 0 bridgehead atoms. The highest BCUT2D eigenvalue weighted by atomic mass is 19.1. The summed E-state index contributed by atoms with van der Waals surface area (Å²) >= 11 is 0. The van der Waals surface area contributed by atoms with Crippen molar-refractivity contribution < 1.29 is 9.18 Å². The van der Waals surface area contributed by atoms with Crippen molar-refractivity contribution in [3.63, 3.8) is 0 Å². The van der Waals surface area contributed by atoms with Crippen molar-refractivity contribution >= 4 is 16.8 Å². The highest BCUT2D eigenvalue weighted by Crippen LogP contribution is 2.27. The van der Waals surface area contributed by atoms with Crippen LogP contribution in [0.3, 0.4) is 0 Å². The lowest BCUT2D eigenvalue weighted by molar-refractivity contribution is 0.0941. The van der Waals surface area contributed by atoms with E-state index >= 15 is 0 Å². The summed E-state index contributed by atoms with van der Waals surface area (Å²) in [5.41, 5.74) is 9.94. The molecule has 6 heteroatoms. The number of nitrogens with one attached hydrogen (secondary N) is 3. The minimum Gasteiger partial charge on any atom is -0.350 e. The number of hydrazine groups is 1. The summed E-state index contributed by atoms with van der Waals surface area (Å²) in [5.74, 6) is -0.465. The topological polar surface area (TPSA) is 58.1 Å². The molecule has 1 unspecified atom stereocenters. The molecule has 1 amide bonds. The molecule has 0 aliphatic carbocycles. The first kappa shape index (κ1) is 17.7. The molecular weight excluding hydrogens is 343 g/mol. The Balaban J connectivity index is 1.63. The van der Waals surface area contributed by atoms with Gasteiger partial charge in [-0.15, -0.1) is 0 Å². The van der Waals surface area contributed by atoms with E-state index in [1.165, 1.54) is 12.1 Å². The molecule has 4 rings (SSSR count). The van der Waals surface area contributed by atoms with Crippen LogP contribution in [-0.2, 0) is 7.05 Å². The molecule has 0 radical (unpaired) electrons. The van der Waals surface area contributed by atoms with Crippen molar-refractivity contribution in [2.75, 3.05) is 6.54 Å². The first-order valence-corrected chi connectivity index (χ1v) is 9.16. The van der Waals surface area contributed by atoms with Gasteiger partial charge in [0.25, 0.3) is 5.91 Å². The van der Waals surface area contributed by atoms with Crippen LogP contribution in [0.25, 0.3) is 10.9 Å². The average Bonchev–Trinajstić information content (AvgIpc) is 3.30. The third-order valence-corrected chi connectivity index (χ3v) is 5.19. The number of aryl methyl sites for hydroxylation is 1. The first-order chi connectivity index (χ1) is 13.0. The van der Waals surface area contributed by atoms with Crippen LogP contribution < -0.4 is 16.2 Å². The van der Waals surface area contributed by atoms with E-state index in [0.717, 1.165) is 35.0 Å². The number of aromatic nitrogens is 1. The molecule has 3 N–H and O–H groups in total. The smallest absolute Gasteiger partial charge is 0.253 e. The first-order valence-electron chi connectivity index (χ1n) is 9.16. The molecule has 140 valence electrons. The number of amides is 1. The molecule has 0 saturated carbocycles. The van der Waals surface area contributed by atoms with Crippen molar-refractivity contribution in [1.82, 2.24) is 20.7 Å². The highest BCUT2D eigenvalue weighted by molar-refractivity contribution is 6.07. The summed E-state index contributed by atoms with van der Waals surface area (Å²) in [4.78, 5) is 12.9. The van der Waals surface area contributed by atoms with Gasteiger partial charge >= 0.3 is 0 Å². The summed E-state index contributed by atoms with van der Waals surface area (Å²) in [6.07, 6.45) is 2.86. The van der Waals surface area contributed by atoms with Crippen LogP contribution in [0.1, 0.15) is 46.9 Å². The van der Waals surface area contributed by atoms with Crippen molar-refractivity contribution in [3.8, 4) is 0 Å². The monoisotopic (exact) mass is 366 g/mol. The highest BCUT2D eigenvalue weighted by Gasteiger charge is 2.20. The van der Waals surface area contributed by atoms with E-state index < -0.39 is 0 Å². The Bertz CT molecular complexity index is 991. The normalized spacial score (nSPS) is 18.0. The Hall–Kier alpha value is -2.70. The number of carbonyl (C=O) groups is 1. The van der Waals surface area contributed by atoms with Gasteiger partial charge in [0.1, 0.15) is 5.82 Å². The van der Waals surface area contributed by atoms with Crippen LogP contribution in [0.5, 0.6) is 0 Å². The lowest BCUT2D eigenvalue weighted by Crippen LogP contribution is -2.26.